The quantitative estimate of drug-likeness (QED) is 0.611. The number of carbonyl (C=O) groups excluding carboxylic acids is 1. The number of hydrogen-bond donors (Lipinski definition) is 1. The molecule has 2 aromatic rings. The van der Waals surface area contributed by atoms with Crippen LogP contribution in [-0.2, 0) is 16.1 Å². The Balaban J connectivity index is 1.18. The van der Waals surface area contributed by atoms with Gasteiger partial charge in [0.1, 0.15) is 12.4 Å². The summed E-state index contributed by atoms with van der Waals surface area (Å²) in [5.74, 6) is 0.635. The van der Waals surface area contributed by atoms with Gasteiger partial charge in [0.2, 0.25) is 0 Å². The fourth-order valence-corrected chi connectivity index (χ4v) is 5.78. The van der Waals surface area contributed by atoms with E-state index < -0.39 is 11.4 Å². The van der Waals surface area contributed by atoms with Crippen LogP contribution in [0.4, 0.5) is 4.79 Å². The molecule has 4 fully saturated rings. The number of carboxylic acid groups (broad SMARTS) is 1. The summed E-state index contributed by atoms with van der Waals surface area (Å²) in [4.78, 5) is 25.4. The summed E-state index contributed by atoms with van der Waals surface area (Å²) in [6, 6.07) is 7.79. The van der Waals surface area contributed by atoms with Crippen molar-refractivity contribution in [1.82, 2.24) is 10.1 Å². The minimum absolute atomic E-state index is 0.0296. The van der Waals surface area contributed by atoms with Gasteiger partial charge in [0.25, 0.3) is 0 Å². The maximum atomic E-state index is 12.5. The second-order valence-corrected chi connectivity index (χ2v) is 10.1. The zero-order chi connectivity index (χ0) is 23.2. The van der Waals surface area contributed by atoms with E-state index in [0.717, 1.165) is 42.6 Å². The van der Waals surface area contributed by atoms with Crippen LogP contribution in [0.25, 0.3) is 11.3 Å². The molecule has 8 nitrogen and oxygen atoms in total. The zero-order valence-electron chi connectivity index (χ0n) is 19.1. The van der Waals surface area contributed by atoms with Crippen molar-refractivity contribution < 1.29 is 28.7 Å². The lowest BCUT2D eigenvalue weighted by Crippen LogP contribution is -2.67. The van der Waals surface area contributed by atoms with Crippen molar-refractivity contribution >= 4 is 12.1 Å². The monoisotopic (exact) mass is 454 g/mol. The normalized spacial score (nSPS) is 25.8. The molecule has 1 amide bonds. The molecule has 6 rings (SSSR count). The third kappa shape index (κ3) is 3.85. The van der Waals surface area contributed by atoms with Crippen LogP contribution >= 0.6 is 0 Å². The van der Waals surface area contributed by atoms with Gasteiger partial charge in [-0.05, 0) is 63.3 Å². The van der Waals surface area contributed by atoms with Gasteiger partial charge in [0, 0.05) is 24.1 Å². The molecule has 0 radical (unpaired) electrons. The number of carbonyl (C=O) groups is 2. The molecular weight excluding hydrogens is 424 g/mol. The molecule has 0 spiro atoms. The highest BCUT2D eigenvalue weighted by Gasteiger charge is 2.72. The Hall–Kier alpha value is -3.03. The number of aromatic nitrogens is 1. The van der Waals surface area contributed by atoms with Crippen LogP contribution in [0.5, 0.6) is 5.75 Å². The molecule has 0 unspecified atom stereocenters. The van der Waals surface area contributed by atoms with Gasteiger partial charge >= 0.3 is 12.1 Å². The molecular formula is C25H30N2O6. The van der Waals surface area contributed by atoms with Gasteiger partial charge in [0.15, 0.2) is 5.76 Å². The maximum absolute atomic E-state index is 12.5. The Bertz CT molecular complexity index is 1030. The summed E-state index contributed by atoms with van der Waals surface area (Å²) in [6.07, 6.45) is 6.17. The Morgan fingerprint density at radius 3 is 2.48 bits per heavy atom. The first-order valence-corrected chi connectivity index (χ1v) is 11.6. The second-order valence-electron chi connectivity index (χ2n) is 10.1. The van der Waals surface area contributed by atoms with Crippen molar-refractivity contribution in [3.05, 3.63) is 35.5 Å². The Kier molecular flexibility index (Phi) is 5.34. The van der Waals surface area contributed by atoms with Crippen LogP contribution in [0, 0.1) is 17.8 Å². The number of nitrogens with zero attached hydrogens (tertiary/aromatic N) is 2. The summed E-state index contributed by atoms with van der Waals surface area (Å²) in [6.45, 7) is 2.48. The Morgan fingerprint density at radius 1 is 1.18 bits per heavy atom. The van der Waals surface area contributed by atoms with Crippen LogP contribution in [0.2, 0.25) is 0 Å². The highest BCUT2D eigenvalue weighted by Crippen LogP contribution is 2.73. The largest absolute Gasteiger partial charge is 0.493 e. The number of hydrogen-bond acceptors (Lipinski definition) is 6. The number of ether oxygens (including phenoxy) is 2. The molecule has 0 aliphatic heterocycles. The highest BCUT2D eigenvalue weighted by molar-refractivity contribution is 5.79. The predicted octanol–water partition coefficient (Wildman–Crippen LogP) is 4.79. The highest BCUT2D eigenvalue weighted by atomic mass is 16.6. The lowest BCUT2D eigenvalue weighted by Gasteiger charge is -2.67. The van der Waals surface area contributed by atoms with Crippen molar-refractivity contribution in [3.8, 4) is 17.1 Å². The summed E-state index contributed by atoms with van der Waals surface area (Å²) in [7, 11) is 1.80. The van der Waals surface area contributed by atoms with Crippen LogP contribution in [0.15, 0.2) is 28.8 Å². The van der Waals surface area contributed by atoms with E-state index >= 15 is 0 Å². The van der Waals surface area contributed by atoms with Gasteiger partial charge in [-0.25, -0.2) is 4.79 Å². The van der Waals surface area contributed by atoms with E-state index in [-0.39, 0.29) is 24.2 Å². The number of amides is 1. The van der Waals surface area contributed by atoms with Gasteiger partial charge in [-0.2, -0.15) is 0 Å². The topological polar surface area (TPSA) is 102 Å². The first-order valence-electron chi connectivity index (χ1n) is 11.6. The Morgan fingerprint density at radius 2 is 1.85 bits per heavy atom. The lowest BCUT2D eigenvalue weighted by molar-refractivity contribution is -0.231. The summed E-state index contributed by atoms with van der Waals surface area (Å²) in [5, 5.41) is 13.3. The molecule has 4 saturated carbocycles. The molecule has 1 N–H and O–H groups in total. The van der Waals surface area contributed by atoms with Crippen LogP contribution in [0.3, 0.4) is 0 Å². The number of rotatable bonds is 8. The van der Waals surface area contributed by atoms with E-state index in [0.29, 0.717) is 37.3 Å². The van der Waals surface area contributed by atoms with Crippen LogP contribution in [0.1, 0.15) is 56.2 Å². The summed E-state index contributed by atoms with van der Waals surface area (Å²) in [5.41, 5.74) is 1.82. The van der Waals surface area contributed by atoms with Crippen LogP contribution in [-0.4, -0.2) is 46.9 Å². The van der Waals surface area contributed by atoms with Gasteiger partial charge in [-0.15, -0.1) is 0 Å². The van der Waals surface area contributed by atoms with E-state index in [1.165, 1.54) is 0 Å². The molecule has 176 valence electrons. The number of benzene rings is 1. The maximum Gasteiger partial charge on any atom is 0.410 e. The lowest BCUT2D eigenvalue weighted by atomic mass is 9.35. The molecule has 1 aromatic heterocycles. The predicted molar refractivity (Wildman–Crippen MR) is 119 cm³/mol. The van der Waals surface area contributed by atoms with Crippen molar-refractivity contribution in [2.75, 3.05) is 13.7 Å². The van der Waals surface area contributed by atoms with Crippen molar-refractivity contribution in [2.24, 2.45) is 10.8 Å². The molecule has 0 saturated heterocycles. The fourth-order valence-electron chi connectivity index (χ4n) is 5.78. The minimum atomic E-state index is -0.678. The van der Waals surface area contributed by atoms with Gasteiger partial charge in [-0.1, -0.05) is 18.0 Å². The van der Waals surface area contributed by atoms with E-state index in [1.54, 1.807) is 11.9 Å². The molecule has 8 heteroatoms. The molecule has 4 aliphatic carbocycles. The molecule has 0 atom stereocenters. The standard InChI is InChI=1S/C25H30N2O6/c1-16-20(11-31-23(30)27(2)18-5-3-4-6-18)21(33-26-16)17-7-9-19(10-8-17)32-15-24-12-25(13-24,14-24)22(28)29/h7-10,18H,3-6,11-15H2,1-2H3,(H,28,29). The van der Waals surface area contributed by atoms with Gasteiger partial charge in [0.05, 0.1) is 23.3 Å². The third-order valence-electron chi connectivity index (χ3n) is 7.74. The van der Waals surface area contributed by atoms with Gasteiger partial charge < -0.3 is 24.0 Å². The molecule has 2 bridgehead atoms. The molecule has 1 heterocycles. The van der Waals surface area contributed by atoms with Crippen molar-refractivity contribution in [3.63, 3.8) is 0 Å². The van der Waals surface area contributed by atoms with Gasteiger partial charge in [-0.3, -0.25) is 4.79 Å². The average Bonchev–Trinajstić information content (AvgIpc) is 3.40. The summed E-state index contributed by atoms with van der Waals surface area (Å²) < 4.78 is 17.1. The fraction of sp³-hybridized carbons (Fsp3) is 0.560. The number of carboxylic acids is 1. The van der Waals surface area contributed by atoms with E-state index in [4.69, 9.17) is 14.0 Å². The number of aliphatic carboxylic acids is 1. The average molecular weight is 455 g/mol. The second kappa shape index (κ2) is 8.08. The zero-order valence-corrected chi connectivity index (χ0v) is 19.1. The first-order chi connectivity index (χ1) is 15.8. The smallest absolute Gasteiger partial charge is 0.410 e. The van der Waals surface area contributed by atoms with E-state index in [9.17, 15) is 14.7 Å². The minimum Gasteiger partial charge on any atom is -0.493 e. The van der Waals surface area contributed by atoms with Crippen molar-refractivity contribution in [1.29, 1.82) is 0 Å². The third-order valence-corrected chi connectivity index (χ3v) is 7.74. The first kappa shape index (κ1) is 21.8. The van der Waals surface area contributed by atoms with Crippen LogP contribution < -0.4 is 4.74 Å². The molecule has 33 heavy (non-hydrogen) atoms. The summed E-state index contributed by atoms with van der Waals surface area (Å²) >= 11 is 0. The Labute approximate surface area is 192 Å². The SMILES string of the molecule is Cc1noc(-c2ccc(OCC34CC(C(=O)O)(C3)C4)cc2)c1COC(=O)N(C)C1CCCC1. The van der Waals surface area contributed by atoms with E-state index in [1.807, 2.05) is 31.2 Å². The number of aryl methyl sites for hydroxylation is 1. The van der Waals surface area contributed by atoms with E-state index in [2.05, 4.69) is 5.16 Å². The molecule has 4 aliphatic rings. The van der Waals surface area contributed by atoms with Crippen molar-refractivity contribution in [2.45, 2.75) is 64.5 Å². The molecule has 1 aromatic carbocycles.